The maximum absolute atomic E-state index is 5.95. The third kappa shape index (κ3) is 3.78. The Kier molecular flexibility index (Phi) is 4.72. The molecular formula is C13H24N4O. The average molecular weight is 252 g/mol. The highest BCUT2D eigenvalue weighted by molar-refractivity contribution is 4.90. The van der Waals surface area contributed by atoms with Gasteiger partial charge in [0.25, 0.3) is 0 Å². The molecule has 2 atom stereocenters. The molecule has 1 aliphatic rings. The lowest BCUT2D eigenvalue weighted by Gasteiger charge is -2.31. The maximum atomic E-state index is 5.95. The van der Waals surface area contributed by atoms with Crippen molar-refractivity contribution in [1.29, 1.82) is 0 Å². The van der Waals surface area contributed by atoms with E-state index in [4.69, 9.17) is 10.5 Å². The second kappa shape index (κ2) is 6.29. The summed E-state index contributed by atoms with van der Waals surface area (Å²) in [6.45, 7) is 6.54. The molecule has 1 heterocycles. The fraction of sp³-hybridized carbons (Fsp3) is 0.846. The van der Waals surface area contributed by atoms with Crippen molar-refractivity contribution in [3.8, 4) is 0 Å². The van der Waals surface area contributed by atoms with Gasteiger partial charge in [-0.1, -0.05) is 19.1 Å². The van der Waals surface area contributed by atoms with Crippen molar-refractivity contribution in [3.05, 3.63) is 11.9 Å². The van der Waals surface area contributed by atoms with Crippen molar-refractivity contribution in [2.24, 2.45) is 17.6 Å². The van der Waals surface area contributed by atoms with E-state index in [1.54, 1.807) is 4.68 Å². The summed E-state index contributed by atoms with van der Waals surface area (Å²) in [5.74, 6) is 1.57. The molecule has 0 bridgehead atoms. The molecule has 18 heavy (non-hydrogen) atoms. The Labute approximate surface area is 109 Å². The predicted octanol–water partition coefficient (Wildman–Crippen LogP) is 1.58. The van der Waals surface area contributed by atoms with Crippen LogP contribution in [0.15, 0.2) is 6.20 Å². The Morgan fingerprint density at radius 1 is 1.33 bits per heavy atom. The van der Waals surface area contributed by atoms with Crippen molar-refractivity contribution in [2.75, 3.05) is 6.61 Å². The van der Waals surface area contributed by atoms with E-state index in [9.17, 15) is 0 Å². The Morgan fingerprint density at radius 3 is 2.67 bits per heavy atom. The first-order valence-corrected chi connectivity index (χ1v) is 6.88. The molecule has 0 radical (unpaired) electrons. The van der Waals surface area contributed by atoms with Crippen LogP contribution < -0.4 is 5.73 Å². The highest BCUT2D eigenvalue weighted by atomic mass is 16.5. The van der Waals surface area contributed by atoms with Gasteiger partial charge in [0, 0.05) is 12.7 Å². The molecule has 1 aromatic rings. The summed E-state index contributed by atoms with van der Waals surface area (Å²) in [4.78, 5) is 0. The summed E-state index contributed by atoms with van der Waals surface area (Å²) in [5, 5.41) is 7.96. The SMILES string of the molecule is CC1CC(C)CC(OCCn2cc(CN)nn2)C1. The van der Waals surface area contributed by atoms with Gasteiger partial charge in [-0.15, -0.1) is 5.10 Å². The smallest absolute Gasteiger partial charge is 0.0962 e. The lowest BCUT2D eigenvalue weighted by Crippen LogP contribution is -2.27. The summed E-state index contributed by atoms with van der Waals surface area (Å²) in [6.07, 6.45) is 6.02. The molecule has 0 saturated heterocycles. The molecule has 1 fully saturated rings. The van der Waals surface area contributed by atoms with Crippen molar-refractivity contribution in [3.63, 3.8) is 0 Å². The van der Waals surface area contributed by atoms with Gasteiger partial charge in [0.2, 0.25) is 0 Å². The molecule has 5 heteroatoms. The highest BCUT2D eigenvalue weighted by Crippen LogP contribution is 2.30. The average Bonchev–Trinajstić information content (AvgIpc) is 2.76. The van der Waals surface area contributed by atoms with Crippen LogP contribution in [0.1, 0.15) is 38.8 Å². The van der Waals surface area contributed by atoms with Crippen LogP contribution >= 0.6 is 0 Å². The predicted molar refractivity (Wildman–Crippen MR) is 69.8 cm³/mol. The van der Waals surface area contributed by atoms with E-state index in [0.29, 0.717) is 19.3 Å². The van der Waals surface area contributed by atoms with Crippen LogP contribution in [0, 0.1) is 11.8 Å². The summed E-state index contributed by atoms with van der Waals surface area (Å²) in [7, 11) is 0. The first-order chi connectivity index (χ1) is 8.67. The largest absolute Gasteiger partial charge is 0.376 e. The van der Waals surface area contributed by atoms with Crippen LogP contribution in [0.25, 0.3) is 0 Å². The van der Waals surface area contributed by atoms with Crippen LogP contribution in [0.5, 0.6) is 0 Å². The number of nitrogens with two attached hydrogens (primary N) is 1. The molecule has 1 aromatic heterocycles. The Bertz CT molecular complexity index is 356. The van der Waals surface area contributed by atoms with Gasteiger partial charge in [-0.2, -0.15) is 0 Å². The molecular weight excluding hydrogens is 228 g/mol. The van der Waals surface area contributed by atoms with Crippen LogP contribution in [0.3, 0.4) is 0 Å². The second-order valence-corrected chi connectivity index (χ2v) is 5.59. The normalized spacial score (nSPS) is 28.5. The van der Waals surface area contributed by atoms with Crippen LogP contribution in [-0.4, -0.2) is 27.7 Å². The van der Waals surface area contributed by atoms with E-state index < -0.39 is 0 Å². The first-order valence-electron chi connectivity index (χ1n) is 6.88. The fourth-order valence-corrected chi connectivity index (χ4v) is 2.86. The van der Waals surface area contributed by atoms with Crippen LogP contribution in [0.2, 0.25) is 0 Å². The highest BCUT2D eigenvalue weighted by Gasteiger charge is 2.24. The van der Waals surface area contributed by atoms with Gasteiger partial charge < -0.3 is 10.5 Å². The van der Waals surface area contributed by atoms with Gasteiger partial charge in [0.1, 0.15) is 0 Å². The van der Waals surface area contributed by atoms with E-state index in [-0.39, 0.29) is 0 Å². The van der Waals surface area contributed by atoms with Crippen molar-refractivity contribution in [2.45, 2.75) is 52.3 Å². The molecule has 2 N–H and O–H groups in total. The van der Waals surface area contributed by atoms with Gasteiger partial charge in [-0.05, 0) is 31.1 Å². The van der Waals surface area contributed by atoms with Gasteiger partial charge in [-0.25, -0.2) is 4.68 Å². The maximum Gasteiger partial charge on any atom is 0.0962 e. The van der Waals surface area contributed by atoms with E-state index >= 15 is 0 Å². The zero-order chi connectivity index (χ0) is 13.0. The minimum atomic E-state index is 0.418. The third-order valence-corrected chi connectivity index (χ3v) is 3.60. The van der Waals surface area contributed by atoms with Gasteiger partial charge >= 0.3 is 0 Å². The molecule has 2 rings (SSSR count). The molecule has 0 amide bonds. The van der Waals surface area contributed by atoms with E-state index in [1.807, 2.05) is 6.20 Å². The number of nitrogens with zero attached hydrogens (tertiary/aromatic N) is 3. The van der Waals surface area contributed by atoms with Gasteiger partial charge in [0.15, 0.2) is 0 Å². The minimum Gasteiger partial charge on any atom is -0.376 e. The molecule has 0 spiro atoms. The lowest BCUT2D eigenvalue weighted by atomic mass is 9.82. The molecule has 102 valence electrons. The Balaban J connectivity index is 1.71. The van der Waals surface area contributed by atoms with Crippen molar-refractivity contribution < 1.29 is 4.74 Å². The summed E-state index contributed by atoms with van der Waals surface area (Å²) in [6, 6.07) is 0. The van der Waals surface area contributed by atoms with E-state index in [1.165, 1.54) is 19.3 Å². The van der Waals surface area contributed by atoms with Gasteiger partial charge in [-0.3, -0.25) is 0 Å². The van der Waals surface area contributed by atoms with Crippen molar-refractivity contribution >= 4 is 0 Å². The molecule has 5 nitrogen and oxygen atoms in total. The van der Waals surface area contributed by atoms with Gasteiger partial charge in [0.05, 0.1) is 24.9 Å². The zero-order valence-electron chi connectivity index (χ0n) is 11.4. The Morgan fingerprint density at radius 2 is 2.06 bits per heavy atom. The first kappa shape index (κ1) is 13.5. The lowest BCUT2D eigenvalue weighted by molar-refractivity contribution is -0.00346. The molecule has 0 aromatic carbocycles. The number of hydrogen-bond donors (Lipinski definition) is 1. The summed E-state index contributed by atoms with van der Waals surface area (Å²) < 4.78 is 7.75. The van der Waals surface area contributed by atoms with Crippen LogP contribution in [0.4, 0.5) is 0 Å². The second-order valence-electron chi connectivity index (χ2n) is 5.59. The third-order valence-electron chi connectivity index (χ3n) is 3.60. The quantitative estimate of drug-likeness (QED) is 0.864. The molecule has 0 aliphatic heterocycles. The molecule has 2 unspecified atom stereocenters. The number of rotatable bonds is 5. The van der Waals surface area contributed by atoms with Crippen LogP contribution in [-0.2, 0) is 17.8 Å². The molecule has 1 aliphatic carbocycles. The number of aromatic nitrogens is 3. The topological polar surface area (TPSA) is 66.0 Å². The Hall–Kier alpha value is -0.940. The summed E-state index contributed by atoms with van der Waals surface area (Å²) >= 11 is 0. The fourth-order valence-electron chi connectivity index (χ4n) is 2.86. The van der Waals surface area contributed by atoms with E-state index in [2.05, 4.69) is 24.2 Å². The summed E-state index contributed by atoms with van der Waals surface area (Å²) in [5.41, 5.74) is 6.32. The minimum absolute atomic E-state index is 0.418. The van der Waals surface area contributed by atoms with E-state index in [0.717, 1.165) is 24.1 Å². The zero-order valence-corrected chi connectivity index (χ0v) is 11.4. The van der Waals surface area contributed by atoms with Crippen molar-refractivity contribution in [1.82, 2.24) is 15.0 Å². The monoisotopic (exact) mass is 252 g/mol. The molecule has 1 saturated carbocycles. The standard InChI is InChI=1S/C13H24N4O/c1-10-5-11(2)7-13(6-10)18-4-3-17-9-12(8-14)15-16-17/h9-11,13H,3-8,14H2,1-2H3. The number of ether oxygens (including phenoxy) is 1. The number of hydrogen-bond acceptors (Lipinski definition) is 4.